The summed E-state index contributed by atoms with van der Waals surface area (Å²) in [5.74, 6) is 0. The van der Waals surface area contributed by atoms with E-state index in [2.05, 4.69) is 9.97 Å². The van der Waals surface area contributed by atoms with Gasteiger partial charge in [0.2, 0.25) is 0 Å². The fraction of sp³-hybridized carbons (Fsp3) is 0.375. The molecule has 0 bridgehead atoms. The third-order valence-electron chi connectivity index (χ3n) is 1.57. The van der Waals surface area contributed by atoms with Crippen LogP contribution in [0.25, 0.3) is 0 Å². The van der Waals surface area contributed by atoms with Gasteiger partial charge in [-0.2, -0.15) is 5.26 Å². The summed E-state index contributed by atoms with van der Waals surface area (Å²) in [6.45, 7) is 3.80. The molecule has 0 aliphatic carbocycles. The van der Waals surface area contributed by atoms with Crippen molar-refractivity contribution in [3.63, 3.8) is 0 Å². The van der Waals surface area contributed by atoms with Crippen molar-refractivity contribution in [1.29, 1.82) is 5.26 Å². The van der Waals surface area contributed by atoms with Crippen LogP contribution in [0.3, 0.4) is 0 Å². The van der Waals surface area contributed by atoms with Crippen molar-refractivity contribution < 1.29 is 0 Å². The minimum Gasteiger partial charge on any atom is -0.237 e. The molecular weight excluding hydrogens is 174 g/mol. The van der Waals surface area contributed by atoms with Crippen LogP contribution >= 0.6 is 11.6 Å². The molecule has 1 rings (SSSR count). The van der Waals surface area contributed by atoms with E-state index < -0.39 is 0 Å². The lowest BCUT2D eigenvalue weighted by Gasteiger charge is -2.01. The van der Waals surface area contributed by atoms with Gasteiger partial charge in [0, 0.05) is 0 Å². The summed E-state index contributed by atoms with van der Waals surface area (Å²) in [7, 11) is 0. The van der Waals surface area contributed by atoms with Gasteiger partial charge >= 0.3 is 0 Å². The van der Waals surface area contributed by atoms with E-state index in [0.717, 1.165) is 17.8 Å². The average Bonchev–Trinajstić information content (AvgIpc) is 2.05. The molecule has 0 N–H and O–H groups in total. The summed E-state index contributed by atoms with van der Waals surface area (Å²) < 4.78 is 0. The molecule has 4 heteroatoms. The molecule has 62 valence electrons. The number of nitriles is 1. The van der Waals surface area contributed by atoms with E-state index >= 15 is 0 Å². The average molecular weight is 182 g/mol. The van der Waals surface area contributed by atoms with Crippen LogP contribution in [-0.4, -0.2) is 9.97 Å². The summed E-state index contributed by atoms with van der Waals surface area (Å²) in [5.41, 5.74) is 1.83. The number of hydrogen-bond acceptors (Lipinski definition) is 3. The molecule has 0 atom stereocenters. The molecule has 0 amide bonds. The number of rotatable bonds is 1. The molecule has 1 heterocycles. The fourth-order valence-electron chi connectivity index (χ4n) is 0.933. The number of halogens is 1. The fourth-order valence-corrected chi connectivity index (χ4v) is 1.14. The van der Waals surface area contributed by atoms with Gasteiger partial charge in [0.1, 0.15) is 6.07 Å². The Labute approximate surface area is 76.0 Å². The lowest BCUT2D eigenvalue weighted by Crippen LogP contribution is -1.99. The lowest BCUT2D eigenvalue weighted by atomic mass is 10.2. The Morgan fingerprint density at radius 2 is 2.17 bits per heavy atom. The summed E-state index contributed by atoms with van der Waals surface area (Å²) in [6.07, 6.45) is 0.769. The van der Waals surface area contributed by atoms with Crippen molar-refractivity contribution in [2.75, 3.05) is 0 Å². The van der Waals surface area contributed by atoms with Crippen LogP contribution in [0.4, 0.5) is 0 Å². The highest BCUT2D eigenvalue weighted by Crippen LogP contribution is 2.12. The first-order valence-corrected chi connectivity index (χ1v) is 4.00. The first-order chi connectivity index (χ1) is 5.69. The highest BCUT2D eigenvalue weighted by molar-refractivity contribution is 6.30. The van der Waals surface area contributed by atoms with E-state index in [1.165, 1.54) is 0 Å². The Bertz CT molecular complexity index is 341. The van der Waals surface area contributed by atoms with E-state index in [0.29, 0.717) is 0 Å². The van der Waals surface area contributed by atoms with Gasteiger partial charge in [0.15, 0.2) is 10.8 Å². The van der Waals surface area contributed by atoms with E-state index in [9.17, 15) is 0 Å². The van der Waals surface area contributed by atoms with Gasteiger partial charge in [-0.1, -0.05) is 18.5 Å². The minimum absolute atomic E-state index is 0.187. The molecule has 1 aromatic heterocycles. The van der Waals surface area contributed by atoms with Crippen molar-refractivity contribution in [1.82, 2.24) is 9.97 Å². The van der Waals surface area contributed by atoms with Crippen LogP contribution in [0.1, 0.15) is 24.0 Å². The molecule has 0 saturated heterocycles. The Morgan fingerprint density at radius 3 is 2.67 bits per heavy atom. The zero-order valence-electron chi connectivity index (χ0n) is 6.93. The Hall–Kier alpha value is -1.14. The maximum atomic E-state index is 8.59. The summed E-state index contributed by atoms with van der Waals surface area (Å²) >= 11 is 5.66. The van der Waals surface area contributed by atoms with E-state index in [1.807, 2.05) is 19.9 Å². The second-order valence-corrected chi connectivity index (χ2v) is 2.72. The van der Waals surface area contributed by atoms with Gasteiger partial charge in [-0.15, -0.1) is 0 Å². The molecule has 0 unspecified atom stereocenters. The Morgan fingerprint density at radius 1 is 1.50 bits per heavy atom. The molecule has 12 heavy (non-hydrogen) atoms. The standard InChI is InChI=1S/C8H8ClN3/c1-3-6-5(2)11-8(9)7(4-10)12-6/h3H2,1-2H3. The number of hydrogen-bond donors (Lipinski definition) is 0. The zero-order valence-corrected chi connectivity index (χ0v) is 7.68. The van der Waals surface area contributed by atoms with Crippen molar-refractivity contribution >= 4 is 11.6 Å². The first kappa shape index (κ1) is 8.95. The van der Waals surface area contributed by atoms with Gasteiger partial charge in [-0.25, -0.2) is 9.97 Å². The van der Waals surface area contributed by atoms with Crippen LogP contribution in [0, 0.1) is 18.3 Å². The van der Waals surface area contributed by atoms with Crippen LogP contribution < -0.4 is 0 Å². The third kappa shape index (κ3) is 1.54. The maximum absolute atomic E-state index is 8.59. The predicted molar refractivity (Wildman–Crippen MR) is 45.9 cm³/mol. The second-order valence-electron chi connectivity index (χ2n) is 2.36. The van der Waals surface area contributed by atoms with E-state index in [-0.39, 0.29) is 10.8 Å². The summed E-state index contributed by atoms with van der Waals surface area (Å²) in [4.78, 5) is 8.05. The second kappa shape index (κ2) is 3.51. The molecule has 0 spiro atoms. The monoisotopic (exact) mass is 181 g/mol. The van der Waals surface area contributed by atoms with Crippen molar-refractivity contribution in [3.05, 3.63) is 22.2 Å². The Kier molecular flexibility index (Phi) is 2.61. The smallest absolute Gasteiger partial charge is 0.178 e. The van der Waals surface area contributed by atoms with Crippen molar-refractivity contribution in [3.8, 4) is 6.07 Å². The van der Waals surface area contributed by atoms with Crippen molar-refractivity contribution in [2.24, 2.45) is 0 Å². The molecule has 0 fully saturated rings. The summed E-state index contributed by atoms with van der Waals surface area (Å²) in [5, 5.41) is 8.78. The Balaban J connectivity index is 3.30. The predicted octanol–water partition coefficient (Wildman–Crippen LogP) is 1.87. The zero-order chi connectivity index (χ0) is 9.14. The number of aromatic nitrogens is 2. The lowest BCUT2D eigenvalue weighted by molar-refractivity contribution is 0.947. The maximum Gasteiger partial charge on any atom is 0.178 e. The molecule has 0 radical (unpaired) electrons. The minimum atomic E-state index is 0.187. The van der Waals surface area contributed by atoms with Crippen LogP contribution in [0.2, 0.25) is 5.15 Å². The van der Waals surface area contributed by atoms with Gasteiger partial charge in [-0.3, -0.25) is 0 Å². The molecule has 0 aliphatic heterocycles. The largest absolute Gasteiger partial charge is 0.237 e. The molecule has 0 aliphatic rings. The SMILES string of the molecule is CCc1nc(C#N)c(Cl)nc1C. The van der Waals surface area contributed by atoms with Crippen LogP contribution in [0.15, 0.2) is 0 Å². The molecular formula is C8H8ClN3. The normalized spacial score (nSPS) is 9.50. The molecule has 3 nitrogen and oxygen atoms in total. The number of nitrogens with zero attached hydrogens (tertiary/aromatic N) is 3. The van der Waals surface area contributed by atoms with Gasteiger partial charge in [-0.05, 0) is 13.3 Å². The quantitative estimate of drug-likeness (QED) is 0.665. The third-order valence-corrected chi connectivity index (χ3v) is 1.83. The molecule has 0 saturated carbocycles. The van der Waals surface area contributed by atoms with Gasteiger partial charge in [0.05, 0.1) is 11.4 Å². The summed E-state index contributed by atoms with van der Waals surface area (Å²) in [6, 6.07) is 1.89. The van der Waals surface area contributed by atoms with Gasteiger partial charge in [0.25, 0.3) is 0 Å². The van der Waals surface area contributed by atoms with Crippen LogP contribution in [-0.2, 0) is 6.42 Å². The highest BCUT2D eigenvalue weighted by atomic mass is 35.5. The first-order valence-electron chi connectivity index (χ1n) is 3.62. The van der Waals surface area contributed by atoms with Crippen LogP contribution in [0.5, 0.6) is 0 Å². The molecule has 1 aromatic rings. The highest BCUT2D eigenvalue weighted by Gasteiger charge is 2.06. The van der Waals surface area contributed by atoms with E-state index in [1.54, 1.807) is 0 Å². The number of aryl methyl sites for hydroxylation is 2. The van der Waals surface area contributed by atoms with E-state index in [4.69, 9.17) is 16.9 Å². The van der Waals surface area contributed by atoms with Gasteiger partial charge < -0.3 is 0 Å². The topological polar surface area (TPSA) is 49.6 Å². The van der Waals surface area contributed by atoms with Crippen molar-refractivity contribution in [2.45, 2.75) is 20.3 Å². The molecule has 0 aromatic carbocycles.